The average molecular weight is 605 g/mol. The van der Waals surface area contributed by atoms with E-state index in [4.69, 9.17) is 0 Å². The molecular formula is C35H36N6O4. The lowest BCUT2D eigenvalue weighted by Crippen LogP contribution is -2.37. The molecule has 6 rings (SSSR count). The van der Waals surface area contributed by atoms with E-state index in [0.29, 0.717) is 33.6 Å². The van der Waals surface area contributed by atoms with Gasteiger partial charge in [0, 0.05) is 60.6 Å². The number of benzene rings is 3. The quantitative estimate of drug-likeness (QED) is 0.136. The fourth-order valence-corrected chi connectivity index (χ4v) is 5.72. The largest absolute Gasteiger partial charge is 0.494 e. The summed E-state index contributed by atoms with van der Waals surface area (Å²) in [5.41, 5.74) is 5.66. The van der Waals surface area contributed by atoms with Gasteiger partial charge in [-0.15, -0.1) is 0 Å². The SMILES string of the molecule is Cc1cc(C(=O)Nc2cccc(C(=O)c3ccc4c(C=Nc5ccc(CCN6CCC(O)CC6)cc5)c(O)[nH]c4c3)c2)n(C)n1. The number of H-pyrrole nitrogens is 1. The smallest absolute Gasteiger partial charge is 0.273 e. The van der Waals surface area contributed by atoms with Crippen molar-refractivity contribution in [1.82, 2.24) is 19.7 Å². The third-order valence-corrected chi connectivity index (χ3v) is 8.25. The summed E-state index contributed by atoms with van der Waals surface area (Å²) in [5, 5.41) is 28.1. The van der Waals surface area contributed by atoms with Crippen LogP contribution in [0.1, 0.15) is 56.1 Å². The Morgan fingerprint density at radius 1 is 1.04 bits per heavy atom. The summed E-state index contributed by atoms with van der Waals surface area (Å²) < 4.78 is 1.52. The summed E-state index contributed by atoms with van der Waals surface area (Å²) >= 11 is 0. The van der Waals surface area contributed by atoms with Crippen molar-refractivity contribution in [3.05, 3.63) is 106 Å². The molecule has 4 N–H and O–H groups in total. The van der Waals surface area contributed by atoms with Gasteiger partial charge in [-0.3, -0.25) is 19.3 Å². The van der Waals surface area contributed by atoms with E-state index < -0.39 is 0 Å². The second-order valence-electron chi connectivity index (χ2n) is 11.6. The van der Waals surface area contributed by atoms with E-state index in [0.717, 1.165) is 55.7 Å². The molecule has 0 radical (unpaired) electrons. The standard InChI is InChI=1S/C35H36N6O4/c1-22-18-32(40(2)39-22)35(45)37-27-5-3-4-24(19-27)33(43)25-8-11-29-30(34(44)38-31(29)20-25)21-36-26-9-6-23(7-10-26)12-15-41-16-13-28(42)14-17-41/h3-11,18-21,28,38,42,44H,12-17H2,1-2H3,(H,37,45). The molecule has 1 fully saturated rings. The number of ketones is 1. The number of aromatic amines is 1. The van der Waals surface area contributed by atoms with Crippen molar-refractivity contribution in [2.45, 2.75) is 32.3 Å². The minimum Gasteiger partial charge on any atom is -0.494 e. The van der Waals surface area contributed by atoms with Gasteiger partial charge >= 0.3 is 0 Å². The Kier molecular flexibility index (Phi) is 8.59. The third-order valence-electron chi connectivity index (χ3n) is 8.25. The number of aromatic hydroxyl groups is 1. The van der Waals surface area contributed by atoms with Crippen molar-refractivity contribution in [2.24, 2.45) is 12.0 Å². The van der Waals surface area contributed by atoms with Crippen LogP contribution in [-0.4, -0.2) is 73.5 Å². The van der Waals surface area contributed by atoms with E-state index in [2.05, 4.69) is 37.4 Å². The number of aliphatic imine (C=N–C) groups is 1. The Morgan fingerprint density at radius 2 is 1.80 bits per heavy atom. The van der Waals surface area contributed by atoms with Crippen molar-refractivity contribution in [3.8, 4) is 5.88 Å². The third kappa shape index (κ3) is 6.87. The number of aromatic nitrogens is 3. The molecule has 2 aromatic heterocycles. The highest BCUT2D eigenvalue weighted by molar-refractivity contribution is 6.13. The number of fused-ring (bicyclic) bond motifs is 1. The number of amides is 1. The normalized spacial score (nSPS) is 14.4. The zero-order chi connectivity index (χ0) is 31.5. The van der Waals surface area contributed by atoms with Crippen LogP contribution in [0.5, 0.6) is 5.88 Å². The minimum atomic E-state index is -0.314. The number of hydrogen-bond donors (Lipinski definition) is 4. The molecule has 1 aliphatic rings. The van der Waals surface area contributed by atoms with Crippen LogP contribution in [0.25, 0.3) is 10.9 Å². The molecule has 0 bridgehead atoms. The summed E-state index contributed by atoms with van der Waals surface area (Å²) in [6, 6.07) is 21.8. The van der Waals surface area contributed by atoms with Crippen LogP contribution < -0.4 is 5.32 Å². The Hall–Kier alpha value is -5.06. The zero-order valence-electron chi connectivity index (χ0n) is 25.3. The lowest BCUT2D eigenvalue weighted by Gasteiger charge is -2.29. The monoisotopic (exact) mass is 604 g/mol. The van der Waals surface area contributed by atoms with Crippen LogP contribution in [0.3, 0.4) is 0 Å². The van der Waals surface area contributed by atoms with Gasteiger partial charge in [-0.2, -0.15) is 5.10 Å². The predicted molar refractivity (Wildman–Crippen MR) is 175 cm³/mol. The van der Waals surface area contributed by atoms with Crippen LogP contribution in [0.2, 0.25) is 0 Å². The number of carbonyl (C=O) groups is 2. The summed E-state index contributed by atoms with van der Waals surface area (Å²) in [5.74, 6) is -0.561. The minimum absolute atomic E-state index is 0.0308. The van der Waals surface area contributed by atoms with Crippen LogP contribution in [0.4, 0.5) is 11.4 Å². The van der Waals surface area contributed by atoms with Gasteiger partial charge in [0.25, 0.3) is 5.91 Å². The number of aryl methyl sites for hydroxylation is 2. The number of nitrogens with one attached hydrogen (secondary N) is 2. The second-order valence-corrected chi connectivity index (χ2v) is 11.6. The highest BCUT2D eigenvalue weighted by Gasteiger charge is 2.18. The molecule has 1 amide bonds. The molecule has 0 atom stereocenters. The zero-order valence-corrected chi connectivity index (χ0v) is 25.3. The van der Waals surface area contributed by atoms with E-state index in [-0.39, 0.29) is 23.7 Å². The number of anilines is 1. The molecule has 0 saturated carbocycles. The lowest BCUT2D eigenvalue weighted by molar-refractivity contribution is 0.0832. The van der Waals surface area contributed by atoms with Gasteiger partial charge in [0.1, 0.15) is 5.69 Å². The number of carbonyl (C=O) groups excluding carboxylic acids is 2. The first-order valence-electron chi connectivity index (χ1n) is 15.1. The maximum Gasteiger partial charge on any atom is 0.273 e. The molecule has 230 valence electrons. The molecule has 10 nitrogen and oxygen atoms in total. The first-order valence-corrected chi connectivity index (χ1v) is 15.1. The van der Waals surface area contributed by atoms with E-state index in [1.165, 1.54) is 10.2 Å². The van der Waals surface area contributed by atoms with Gasteiger partial charge in [-0.05, 0) is 68.1 Å². The van der Waals surface area contributed by atoms with Crippen molar-refractivity contribution >= 4 is 40.2 Å². The first-order chi connectivity index (χ1) is 21.7. The molecule has 1 aliphatic heterocycles. The fourth-order valence-electron chi connectivity index (χ4n) is 5.72. The maximum absolute atomic E-state index is 13.4. The second kappa shape index (κ2) is 12.9. The molecule has 1 saturated heterocycles. The average Bonchev–Trinajstić information content (AvgIpc) is 3.55. The fraction of sp³-hybridized carbons (Fsp3) is 0.257. The van der Waals surface area contributed by atoms with Crippen LogP contribution in [-0.2, 0) is 13.5 Å². The maximum atomic E-state index is 13.4. The number of hydrogen-bond acceptors (Lipinski definition) is 7. The number of piperidine rings is 1. The topological polar surface area (TPSA) is 136 Å². The van der Waals surface area contributed by atoms with Gasteiger partial charge in [0.2, 0.25) is 0 Å². The van der Waals surface area contributed by atoms with E-state index in [1.54, 1.807) is 61.8 Å². The highest BCUT2D eigenvalue weighted by Crippen LogP contribution is 2.28. The summed E-state index contributed by atoms with van der Waals surface area (Å²) in [6.07, 6.45) is 4.09. The number of rotatable bonds is 9. The lowest BCUT2D eigenvalue weighted by atomic mass is 10.0. The van der Waals surface area contributed by atoms with Crippen molar-refractivity contribution in [1.29, 1.82) is 0 Å². The van der Waals surface area contributed by atoms with Gasteiger partial charge in [0.15, 0.2) is 11.7 Å². The first kappa shape index (κ1) is 30.0. The molecule has 0 unspecified atom stereocenters. The number of nitrogens with zero attached hydrogens (tertiary/aromatic N) is 4. The Bertz CT molecular complexity index is 1880. The van der Waals surface area contributed by atoms with Gasteiger partial charge in [-0.25, -0.2) is 0 Å². The molecule has 0 aliphatic carbocycles. The van der Waals surface area contributed by atoms with Crippen LogP contribution in [0, 0.1) is 6.92 Å². The van der Waals surface area contributed by atoms with E-state index >= 15 is 0 Å². The number of aliphatic hydroxyl groups excluding tert-OH is 1. The summed E-state index contributed by atoms with van der Waals surface area (Å²) in [7, 11) is 1.71. The molecule has 0 spiro atoms. The van der Waals surface area contributed by atoms with Gasteiger partial charge < -0.3 is 25.4 Å². The highest BCUT2D eigenvalue weighted by atomic mass is 16.3. The molecular weight excluding hydrogens is 568 g/mol. The molecule has 3 heterocycles. The van der Waals surface area contributed by atoms with Crippen LogP contribution >= 0.6 is 0 Å². The summed E-state index contributed by atoms with van der Waals surface area (Å²) in [4.78, 5) is 36.0. The molecule has 45 heavy (non-hydrogen) atoms. The Labute approximate surface area is 261 Å². The summed E-state index contributed by atoms with van der Waals surface area (Å²) in [6.45, 7) is 4.66. The van der Waals surface area contributed by atoms with Gasteiger partial charge in [0.05, 0.1) is 23.0 Å². The van der Waals surface area contributed by atoms with Crippen molar-refractivity contribution in [3.63, 3.8) is 0 Å². The van der Waals surface area contributed by atoms with Crippen molar-refractivity contribution < 1.29 is 19.8 Å². The van der Waals surface area contributed by atoms with E-state index in [1.807, 2.05) is 19.1 Å². The van der Waals surface area contributed by atoms with Crippen molar-refractivity contribution in [2.75, 3.05) is 25.0 Å². The number of likely N-dealkylation sites (tertiary alicyclic amines) is 1. The Morgan fingerprint density at radius 3 is 2.53 bits per heavy atom. The Balaban J connectivity index is 1.12. The molecule has 10 heteroatoms. The van der Waals surface area contributed by atoms with E-state index in [9.17, 15) is 19.8 Å². The molecule has 3 aromatic carbocycles. The molecule has 5 aromatic rings. The van der Waals surface area contributed by atoms with Gasteiger partial charge in [-0.1, -0.05) is 36.4 Å². The van der Waals surface area contributed by atoms with Crippen LogP contribution in [0.15, 0.2) is 77.8 Å². The number of aliphatic hydroxyl groups is 1. The predicted octanol–water partition coefficient (Wildman–Crippen LogP) is 5.15.